The summed E-state index contributed by atoms with van der Waals surface area (Å²) in [5, 5.41) is 10.5. The van der Waals surface area contributed by atoms with Crippen LogP contribution in [0.4, 0.5) is 5.13 Å². The van der Waals surface area contributed by atoms with Gasteiger partial charge in [0.1, 0.15) is 28.7 Å². The lowest BCUT2D eigenvalue weighted by molar-refractivity contribution is -0.137. The molecule has 0 saturated carbocycles. The molecule has 1 saturated heterocycles. The van der Waals surface area contributed by atoms with Crippen LogP contribution in [0.3, 0.4) is 0 Å². The Labute approximate surface area is 177 Å². The average molecular weight is 430 g/mol. The summed E-state index contributed by atoms with van der Waals surface area (Å²) < 4.78 is 11.5. The van der Waals surface area contributed by atoms with E-state index < -0.39 is 11.6 Å². The van der Waals surface area contributed by atoms with Crippen LogP contribution < -0.4 is 14.8 Å². The number of fused-ring (bicyclic) bond motifs is 1. The topological polar surface area (TPSA) is 111 Å². The number of Topliss-reactive ketones (excluding diaryl/α,β-unsaturated/α-hetero) is 1. The van der Waals surface area contributed by atoms with Crippen molar-refractivity contribution < 1.29 is 23.9 Å². The number of ether oxygens (including phenoxy) is 2. The molecule has 1 spiro atoms. The molecule has 158 valence electrons. The average Bonchev–Trinajstić information content (AvgIpc) is 3.19. The molecular formula is C20H22N4O5S. The number of ketones is 1. The van der Waals surface area contributed by atoms with Gasteiger partial charge in [-0.1, -0.05) is 11.3 Å². The highest BCUT2D eigenvalue weighted by Gasteiger charge is 2.44. The summed E-state index contributed by atoms with van der Waals surface area (Å²) in [5.41, 5.74) is 1.28. The van der Waals surface area contributed by atoms with Crippen LogP contribution in [0, 0.1) is 0 Å². The summed E-state index contributed by atoms with van der Waals surface area (Å²) in [6.45, 7) is 2.00. The van der Waals surface area contributed by atoms with Crippen molar-refractivity contribution in [3.63, 3.8) is 0 Å². The molecule has 2 aliphatic heterocycles. The van der Waals surface area contributed by atoms with Gasteiger partial charge in [0.15, 0.2) is 5.78 Å². The van der Waals surface area contributed by atoms with Crippen LogP contribution in [0.1, 0.15) is 43.0 Å². The van der Waals surface area contributed by atoms with E-state index in [1.807, 2.05) is 0 Å². The van der Waals surface area contributed by atoms with Crippen LogP contribution in [0.2, 0.25) is 0 Å². The van der Waals surface area contributed by atoms with Crippen LogP contribution >= 0.6 is 11.3 Å². The predicted molar refractivity (Wildman–Crippen MR) is 109 cm³/mol. The van der Waals surface area contributed by atoms with Crippen LogP contribution in [0.25, 0.3) is 0 Å². The highest BCUT2D eigenvalue weighted by atomic mass is 32.1. The van der Waals surface area contributed by atoms with Gasteiger partial charge < -0.3 is 14.4 Å². The largest absolute Gasteiger partial charge is 0.497 e. The summed E-state index contributed by atoms with van der Waals surface area (Å²) in [6, 6.07) is 4.46. The number of carbonyl (C=O) groups excluding carboxylic acids is 3. The zero-order chi connectivity index (χ0) is 21.3. The second-order valence-corrected chi connectivity index (χ2v) is 8.33. The van der Waals surface area contributed by atoms with E-state index in [2.05, 4.69) is 15.5 Å². The lowest BCUT2D eigenvalue weighted by Gasteiger charge is -2.37. The third-order valence-corrected chi connectivity index (χ3v) is 6.27. The second kappa shape index (κ2) is 8.02. The highest BCUT2D eigenvalue weighted by molar-refractivity contribution is 7.13. The summed E-state index contributed by atoms with van der Waals surface area (Å²) in [4.78, 5) is 39.6. The fourth-order valence-electron chi connectivity index (χ4n) is 3.92. The maximum atomic E-state index is 12.8. The molecule has 30 heavy (non-hydrogen) atoms. The Morgan fingerprint density at radius 2 is 2.20 bits per heavy atom. The molecule has 3 heterocycles. The minimum absolute atomic E-state index is 0.0122. The number of hydrogen-bond donors (Lipinski definition) is 1. The van der Waals surface area contributed by atoms with Crippen molar-refractivity contribution in [2.45, 2.75) is 44.2 Å². The molecule has 2 aromatic rings. The highest BCUT2D eigenvalue weighted by Crippen LogP contribution is 2.41. The molecule has 1 aromatic carbocycles. The first kappa shape index (κ1) is 20.3. The first-order chi connectivity index (χ1) is 14.4. The SMILES string of the molecule is COc1ccc2c(c1)O[C@@]1(CCC(=O)N([C@@H](C)C(=O)Nc3nncs3)CC1)CC2=O. The number of nitrogens with one attached hydrogen (secondary N) is 1. The van der Waals surface area contributed by atoms with Gasteiger partial charge in [-0.25, -0.2) is 0 Å². The van der Waals surface area contributed by atoms with Gasteiger partial charge in [0.2, 0.25) is 16.9 Å². The van der Waals surface area contributed by atoms with E-state index in [1.165, 1.54) is 16.8 Å². The van der Waals surface area contributed by atoms with Crippen molar-refractivity contribution in [1.29, 1.82) is 0 Å². The predicted octanol–water partition coefficient (Wildman–Crippen LogP) is 2.29. The van der Waals surface area contributed by atoms with E-state index in [-0.39, 0.29) is 30.4 Å². The zero-order valence-electron chi connectivity index (χ0n) is 16.7. The molecule has 0 unspecified atom stereocenters. The van der Waals surface area contributed by atoms with Crippen LogP contribution in [0.5, 0.6) is 11.5 Å². The van der Waals surface area contributed by atoms with Gasteiger partial charge in [0.05, 0.1) is 19.1 Å². The van der Waals surface area contributed by atoms with Crippen molar-refractivity contribution >= 4 is 34.1 Å². The monoisotopic (exact) mass is 430 g/mol. The normalized spacial score (nSPS) is 22.1. The molecule has 9 nitrogen and oxygen atoms in total. The van der Waals surface area contributed by atoms with Crippen molar-refractivity contribution in [3.8, 4) is 11.5 Å². The van der Waals surface area contributed by atoms with Gasteiger partial charge in [-0.3, -0.25) is 19.7 Å². The third-order valence-electron chi connectivity index (χ3n) is 5.66. The van der Waals surface area contributed by atoms with Crippen molar-refractivity contribution in [2.24, 2.45) is 0 Å². The fourth-order valence-corrected chi connectivity index (χ4v) is 4.37. The first-order valence-electron chi connectivity index (χ1n) is 9.67. The fraction of sp³-hybridized carbons (Fsp3) is 0.450. The maximum absolute atomic E-state index is 12.8. The molecule has 1 N–H and O–H groups in total. The second-order valence-electron chi connectivity index (χ2n) is 7.49. The number of amides is 2. The number of carbonyl (C=O) groups is 3. The van der Waals surface area contributed by atoms with E-state index in [4.69, 9.17) is 9.47 Å². The lowest BCUT2D eigenvalue weighted by Crippen LogP contribution is -2.46. The molecule has 2 aliphatic rings. The van der Waals surface area contributed by atoms with E-state index in [0.717, 1.165) is 0 Å². The minimum Gasteiger partial charge on any atom is -0.497 e. The third kappa shape index (κ3) is 3.87. The maximum Gasteiger partial charge on any atom is 0.248 e. The van der Waals surface area contributed by atoms with Gasteiger partial charge in [-0.15, -0.1) is 10.2 Å². The molecule has 0 bridgehead atoms. The van der Waals surface area contributed by atoms with Crippen LogP contribution in [-0.2, 0) is 9.59 Å². The minimum atomic E-state index is -0.768. The Balaban J connectivity index is 1.50. The van der Waals surface area contributed by atoms with Crippen LogP contribution in [0.15, 0.2) is 23.7 Å². The number of nitrogens with zero attached hydrogens (tertiary/aromatic N) is 3. The molecule has 1 fully saturated rings. The standard InChI is InChI=1S/C20H22N4O5S/c1-12(18(27)22-19-23-21-11-30-19)24-8-7-20(6-5-17(24)26)10-15(25)14-4-3-13(28-2)9-16(14)29-20/h3-4,9,11-12H,5-8,10H2,1-2H3,(H,22,23,27)/t12-,20+/m0/s1. The van der Waals surface area contributed by atoms with Gasteiger partial charge in [-0.2, -0.15) is 0 Å². The number of aromatic nitrogens is 2. The molecule has 2 amide bonds. The van der Waals surface area contributed by atoms with Crippen LogP contribution in [-0.4, -0.2) is 58.0 Å². The number of rotatable bonds is 4. The number of benzene rings is 1. The molecule has 4 rings (SSSR count). The number of methoxy groups -OCH3 is 1. The zero-order valence-corrected chi connectivity index (χ0v) is 17.5. The van der Waals surface area contributed by atoms with Gasteiger partial charge >= 0.3 is 0 Å². The first-order valence-corrected chi connectivity index (χ1v) is 10.6. The Morgan fingerprint density at radius 1 is 1.37 bits per heavy atom. The van der Waals surface area contributed by atoms with Gasteiger partial charge in [-0.05, 0) is 25.5 Å². The van der Waals surface area contributed by atoms with Gasteiger partial charge in [0.25, 0.3) is 0 Å². The quantitative estimate of drug-likeness (QED) is 0.792. The smallest absolute Gasteiger partial charge is 0.248 e. The molecular weight excluding hydrogens is 408 g/mol. The number of anilines is 1. The lowest BCUT2D eigenvalue weighted by atomic mass is 9.84. The van der Waals surface area contributed by atoms with E-state index >= 15 is 0 Å². The Bertz CT molecular complexity index is 980. The summed E-state index contributed by atoms with van der Waals surface area (Å²) in [5.74, 6) is 0.605. The molecule has 0 radical (unpaired) electrons. The Morgan fingerprint density at radius 3 is 2.93 bits per heavy atom. The number of likely N-dealkylation sites (tertiary alicyclic amines) is 1. The summed E-state index contributed by atoms with van der Waals surface area (Å²) >= 11 is 1.21. The molecule has 10 heteroatoms. The Hall–Kier alpha value is -3.01. The van der Waals surface area contributed by atoms with E-state index in [9.17, 15) is 14.4 Å². The summed E-state index contributed by atoms with van der Waals surface area (Å²) in [6.07, 6.45) is 1.27. The van der Waals surface area contributed by atoms with E-state index in [0.29, 0.717) is 41.6 Å². The van der Waals surface area contributed by atoms with Crippen molar-refractivity contribution in [2.75, 3.05) is 19.0 Å². The molecule has 2 atom stereocenters. The van der Waals surface area contributed by atoms with Gasteiger partial charge in [0, 0.05) is 25.5 Å². The number of hydrogen-bond acceptors (Lipinski definition) is 8. The Kier molecular flexibility index (Phi) is 5.42. The van der Waals surface area contributed by atoms with E-state index in [1.54, 1.807) is 37.1 Å². The van der Waals surface area contributed by atoms with Crippen molar-refractivity contribution in [3.05, 3.63) is 29.3 Å². The molecule has 1 aromatic heterocycles. The van der Waals surface area contributed by atoms with Crippen molar-refractivity contribution in [1.82, 2.24) is 15.1 Å². The molecule has 0 aliphatic carbocycles. The summed E-state index contributed by atoms with van der Waals surface area (Å²) in [7, 11) is 1.55.